The van der Waals surface area contributed by atoms with Gasteiger partial charge in [0.2, 0.25) is 0 Å². The Morgan fingerprint density at radius 1 is 1.00 bits per heavy atom. The Balaban J connectivity index is 1.49. The molecule has 1 saturated heterocycles. The fourth-order valence-electron chi connectivity index (χ4n) is 3.06. The van der Waals surface area contributed by atoms with E-state index in [1.807, 2.05) is 24.3 Å². The molecular formula is C19H19N3S. The van der Waals surface area contributed by atoms with Gasteiger partial charge in [-0.25, -0.2) is 9.29 Å². The summed E-state index contributed by atoms with van der Waals surface area (Å²) in [6.07, 6.45) is 6.14. The molecule has 1 unspecified atom stereocenters. The van der Waals surface area contributed by atoms with Crippen LogP contribution in [0.1, 0.15) is 24.7 Å². The summed E-state index contributed by atoms with van der Waals surface area (Å²) in [5.41, 5.74) is 2.53. The van der Waals surface area contributed by atoms with Gasteiger partial charge >= 0.3 is 0 Å². The molecule has 1 N–H and O–H groups in total. The minimum absolute atomic E-state index is 0.392. The minimum Gasteiger partial charge on any atom is -0.347 e. The summed E-state index contributed by atoms with van der Waals surface area (Å²) < 4.78 is 2.44. The molecule has 2 aromatic carbocycles. The van der Waals surface area contributed by atoms with Gasteiger partial charge in [0, 0.05) is 23.8 Å². The van der Waals surface area contributed by atoms with E-state index in [0.29, 0.717) is 6.04 Å². The highest BCUT2D eigenvalue weighted by Crippen LogP contribution is 2.38. The molecule has 1 fully saturated rings. The highest BCUT2D eigenvalue weighted by atomic mass is 32.2. The number of nitrogens with one attached hydrogen (secondary N) is 1. The van der Waals surface area contributed by atoms with Gasteiger partial charge in [-0.05, 0) is 48.0 Å². The Morgan fingerprint density at radius 2 is 1.78 bits per heavy atom. The first kappa shape index (κ1) is 14.5. The summed E-state index contributed by atoms with van der Waals surface area (Å²) in [5, 5.41) is 0. The smallest absolute Gasteiger partial charge is 0.124 e. The van der Waals surface area contributed by atoms with Crippen LogP contribution >= 0.6 is 11.9 Å². The quantitative estimate of drug-likeness (QED) is 0.692. The van der Waals surface area contributed by atoms with Gasteiger partial charge in [0.15, 0.2) is 0 Å². The molecule has 0 amide bonds. The molecule has 0 spiro atoms. The molecule has 0 aliphatic carbocycles. The summed E-state index contributed by atoms with van der Waals surface area (Å²) in [7, 11) is 0. The zero-order chi connectivity index (χ0) is 15.5. The number of aromatic nitrogens is 2. The van der Waals surface area contributed by atoms with E-state index < -0.39 is 0 Å². The first-order chi connectivity index (χ1) is 11.4. The van der Waals surface area contributed by atoms with Gasteiger partial charge in [-0.2, -0.15) is 0 Å². The Bertz CT molecular complexity index is 738. The third-order valence-electron chi connectivity index (χ3n) is 4.22. The number of hydrogen-bond donors (Lipinski definition) is 1. The van der Waals surface area contributed by atoms with Crippen LogP contribution in [-0.2, 0) is 0 Å². The minimum atomic E-state index is 0.392. The van der Waals surface area contributed by atoms with Crippen molar-refractivity contribution in [2.24, 2.45) is 0 Å². The first-order valence-corrected chi connectivity index (χ1v) is 8.77. The maximum absolute atomic E-state index is 4.43. The molecular weight excluding hydrogens is 302 g/mol. The fourth-order valence-corrected chi connectivity index (χ4v) is 4.14. The number of H-pyrrole nitrogens is 1. The van der Waals surface area contributed by atoms with E-state index in [0.717, 1.165) is 12.4 Å². The van der Waals surface area contributed by atoms with Crippen molar-refractivity contribution < 1.29 is 0 Å². The van der Waals surface area contributed by atoms with Crippen LogP contribution in [0.3, 0.4) is 0 Å². The van der Waals surface area contributed by atoms with E-state index in [9.17, 15) is 0 Å². The standard InChI is InChI=1S/C19H19N3S/c1-2-5-15(6-3-1)16-8-10-17(11-9-16)23-22-14-4-7-18(22)19-20-12-13-21-19/h1-3,5-6,8-13,18H,4,7,14H2,(H,20,21). The second-order valence-electron chi connectivity index (χ2n) is 5.75. The van der Waals surface area contributed by atoms with Crippen LogP contribution < -0.4 is 0 Å². The molecule has 1 aliphatic heterocycles. The topological polar surface area (TPSA) is 31.9 Å². The fraction of sp³-hybridized carbons (Fsp3) is 0.211. The van der Waals surface area contributed by atoms with Crippen molar-refractivity contribution in [1.29, 1.82) is 0 Å². The molecule has 4 rings (SSSR count). The van der Waals surface area contributed by atoms with E-state index in [1.54, 1.807) is 0 Å². The Hall–Kier alpha value is -2.04. The number of nitrogens with zero attached hydrogens (tertiary/aromatic N) is 2. The molecule has 0 bridgehead atoms. The van der Waals surface area contributed by atoms with Gasteiger partial charge in [-0.15, -0.1) is 0 Å². The average Bonchev–Trinajstić information content (AvgIpc) is 3.27. The molecule has 1 atom stereocenters. The maximum atomic E-state index is 4.43. The number of imidazole rings is 1. The van der Waals surface area contributed by atoms with E-state index in [-0.39, 0.29) is 0 Å². The lowest BCUT2D eigenvalue weighted by Crippen LogP contribution is -2.16. The predicted octanol–water partition coefficient (Wildman–Crippen LogP) is 4.92. The lowest BCUT2D eigenvalue weighted by Gasteiger charge is -2.21. The number of hydrogen-bond acceptors (Lipinski definition) is 3. The SMILES string of the molecule is c1ccc(-c2ccc(SN3CCCC3c3ncc[nH]3)cc2)cc1. The zero-order valence-corrected chi connectivity index (χ0v) is 13.7. The van der Waals surface area contributed by atoms with Gasteiger partial charge in [0.1, 0.15) is 5.82 Å². The van der Waals surface area contributed by atoms with Gasteiger partial charge in [0.25, 0.3) is 0 Å². The number of benzene rings is 2. The van der Waals surface area contributed by atoms with Crippen molar-refractivity contribution in [3.8, 4) is 11.1 Å². The van der Waals surface area contributed by atoms with Crippen molar-refractivity contribution in [3.05, 3.63) is 72.8 Å². The zero-order valence-electron chi connectivity index (χ0n) is 12.9. The van der Waals surface area contributed by atoms with Crippen LogP contribution in [0.5, 0.6) is 0 Å². The molecule has 4 heteroatoms. The first-order valence-electron chi connectivity index (χ1n) is 7.99. The molecule has 2 heterocycles. The van der Waals surface area contributed by atoms with E-state index in [2.05, 4.69) is 68.9 Å². The van der Waals surface area contributed by atoms with Crippen molar-refractivity contribution in [1.82, 2.24) is 14.3 Å². The highest BCUT2D eigenvalue weighted by molar-refractivity contribution is 7.97. The third kappa shape index (κ3) is 3.19. The normalized spacial score (nSPS) is 18.3. The van der Waals surface area contributed by atoms with Crippen LogP contribution in [0, 0.1) is 0 Å². The molecule has 23 heavy (non-hydrogen) atoms. The van der Waals surface area contributed by atoms with Crippen molar-refractivity contribution >= 4 is 11.9 Å². The van der Waals surface area contributed by atoms with Gasteiger partial charge in [-0.3, -0.25) is 0 Å². The van der Waals surface area contributed by atoms with Crippen LogP contribution in [0.4, 0.5) is 0 Å². The largest absolute Gasteiger partial charge is 0.347 e. The van der Waals surface area contributed by atoms with Crippen molar-refractivity contribution in [2.75, 3.05) is 6.54 Å². The second-order valence-corrected chi connectivity index (χ2v) is 6.88. The molecule has 0 saturated carbocycles. The summed E-state index contributed by atoms with van der Waals surface area (Å²) >= 11 is 1.83. The molecule has 3 aromatic rings. The Labute approximate surface area is 140 Å². The van der Waals surface area contributed by atoms with Gasteiger partial charge in [-0.1, -0.05) is 42.5 Å². The van der Waals surface area contributed by atoms with Gasteiger partial charge in [0.05, 0.1) is 6.04 Å². The molecule has 0 radical (unpaired) electrons. The van der Waals surface area contributed by atoms with E-state index >= 15 is 0 Å². The summed E-state index contributed by atoms with van der Waals surface area (Å²) in [6.45, 7) is 1.11. The third-order valence-corrected chi connectivity index (χ3v) is 5.38. The second kappa shape index (κ2) is 6.60. The predicted molar refractivity (Wildman–Crippen MR) is 95.0 cm³/mol. The molecule has 3 nitrogen and oxygen atoms in total. The Kier molecular flexibility index (Phi) is 4.18. The molecule has 1 aromatic heterocycles. The van der Waals surface area contributed by atoms with E-state index in [1.165, 1.54) is 28.9 Å². The van der Waals surface area contributed by atoms with Crippen molar-refractivity contribution in [3.63, 3.8) is 0 Å². The molecule has 1 aliphatic rings. The summed E-state index contributed by atoms with van der Waals surface area (Å²) in [5.74, 6) is 1.08. The summed E-state index contributed by atoms with van der Waals surface area (Å²) in [6, 6.07) is 19.7. The van der Waals surface area contributed by atoms with Crippen LogP contribution in [-0.4, -0.2) is 20.8 Å². The maximum Gasteiger partial charge on any atom is 0.124 e. The van der Waals surface area contributed by atoms with E-state index in [4.69, 9.17) is 0 Å². The number of rotatable bonds is 4. The summed E-state index contributed by atoms with van der Waals surface area (Å²) in [4.78, 5) is 8.97. The van der Waals surface area contributed by atoms with Gasteiger partial charge < -0.3 is 4.98 Å². The average molecular weight is 321 g/mol. The monoisotopic (exact) mass is 321 g/mol. The Morgan fingerprint density at radius 3 is 2.52 bits per heavy atom. The van der Waals surface area contributed by atoms with Crippen LogP contribution in [0.25, 0.3) is 11.1 Å². The van der Waals surface area contributed by atoms with Crippen LogP contribution in [0.2, 0.25) is 0 Å². The lowest BCUT2D eigenvalue weighted by atomic mass is 10.1. The number of aromatic amines is 1. The van der Waals surface area contributed by atoms with Crippen LogP contribution in [0.15, 0.2) is 71.9 Å². The van der Waals surface area contributed by atoms with Crippen molar-refractivity contribution in [2.45, 2.75) is 23.8 Å². The highest BCUT2D eigenvalue weighted by Gasteiger charge is 2.28. The lowest BCUT2D eigenvalue weighted by molar-refractivity contribution is 0.435. The molecule has 116 valence electrons.